The van der Waals surface area contributed by atoms with E-state index in [-0.39, 0.29) is 49.1 Å². The topological polar surface area (TPSA) is 100 Å². The van der Waals surface area contributed by atoms with Gasteiger partial charge in [0.15, 0.2) is 0 Å². The van der Waals surface area contributed by atoms with Gasteiger partial charge in [-0.2, -0.15) is 0 Å². The lowest BCUT2D eigenvalue weighted by Gasteiger charge is -2.38. The Kier molecular flexibility index (Phi) is 6.78. The molecule has 37 heavy (non-hydrogen) atoms. The van der Waals surface area contributed by atoms with E-state index in [0.717, 1.165) is 43.4 Å². The monoisotopic (exact) mass is 505 g/mol. The summed E-state index contributed by atoms with van der Waals surface area (Å²) in [6.45, 7) is 1.16. The van der Waals surface area contributed by atoms with Gasteiger partial charge in [-0.05, 0) is 55.0 Å². The van der Waals surface area contributed by atoms with Gasteiger partial charge in [0.1, 0.15) is 18.0 Å². The van der Waals surface area contributed by atoms with Crippen LogP contribution in [-0.2, 0) is 22.5 Å². The number of benzene rings is 2. The number of nitrogens with zero attached hydrogens (tertiary/aromatic N) is 1. The largest absolute Gasteiger partial charge is 0.487 e. The molecule has 0 spiro atoms. The van der Waals surface area contributed by atoms with E-state index in [1.54, 1.807) is 0 Å². The maximum atomic E-state index is 13.2. The van der Waals surface area contributed by atoms with Crippen molar-refractivity contribution in [3.8, 4) is 5.75 Å². The number of aliphatic hydroxyl groups excluding tert-OH is 1. The molecule has 2 aromatic rings. The van der Waals surface area contributed by atoms with Crippen LogP contribution in [0, 0.1) is 0 Å². The summed E-state index contributed by atoms with van der Waals surface area (Å²) in [7, 11) is 0. The van der Waals surface area contributed by atoms with Crippen molar-refractivity contribution in [3.05, 3.63) is 59.2 Å². The van der Waals surface area contributed by atoms with Gasteiger partial charge in [-0.1, -0.05) is 37.1 Å². The van der Waals surface area contributed by atoms with E-state index >= 15 is 0 Å². The maximum Gasteiger partial charge on any atom is 0.319 e. The van der Waals surface area contributed by atoms with Crippen molar-refractivity contribution < 1.29 is 24.2 Å². The van der Waals surface area contributed by atoms with Gasteiger partial charge in [-0.25, -0.2) is 4.79 Å². The highest BCUT2D eigenvalue weighted by Gasteiger charge is 2.46. The van der Waals surface area contributed by atoms with E-state index in [1.807, 2.05) is 35.2 Å². The second kappa shape index (κ2) is 10.3. The molecule has 3 N–H and O–H groups in total. The first-order chi connectivity index (χ1) is 18.1. The molecule has 0 radical (unpaired) electrons. The summed E-state index contributed by atoms with van der Waals surface area (Å²) in [6.07, 6.45) is 5.02. The molecule has 3 aliphatic heterocycles. The first-order valence-electron chi connectivity index (χ1n) is 13.6. The quantitative estimate of drug-likeness (QED) is 0.575. The highest BCUT2D eigenvalue weighted by atomic mass is 16.6. The highest BCUT2D eigenvalue weighted by Crippen LogP contribution is 2.47. The Hall–Kier alpha value is -3.10. The van der Waals surface area contributed by atoms with Crippen LogP contribution in [0.5, 0.6) is 5.75 Å². The third-order valence-corrected chi connectivity index (χ3v) is 8.33. The van der Waals surface area contributed by atoms with Crippen LogP contribution in [0.2, 0.25) is 0 Å². The molecular formula is C29H35N3O5. The molecule has 4 atom stereocenters. The number of fused-ring (bicyclic) bond motifs is 4. The van der Waals surface area contributed by atoms with E-state index in [1.165, 1.54) is 11.1 Å². The first kappa shape index (κ1) is 24.2. The number of hydrogen-bond acceptors (Lipinski definition) is 5. The summed E-state index contributed by atoms with van der Waals surface area (Å²) in [5, 5.41) is 16.1. The lowest BCUT2D eigenvalue weighted by Crippen LogP contribution is -2.48. The third kappa shape index (κ3) is 5.05. The predicted octanol–water partition coefficient (Wildman–Crippen LogP) is 3.72. The van der Waals surface area contributed by atoms with Gasteiger partial charge >= 0.3 is 6.03 Å². The van der Waals surface area contributed by atoms with Crippen LogP contribution in [0.4, 0.5) is 10.5 Å². The summed E-state index contributed by atoms with van der Waals surface area (Å²) in [5.41, 5.74) is 4.22. The number of hydrogen-bond donors (Lipinski definition) is 3. The Labute approximate surface area is 217 Å². The Morgan fingerprint density at radius 2 is 1.89 bits per heavy atom. The fourth-order valence-corrected chi connectivity index (χ4v) is 6.42. The molecule has 196 valence electrons. The summed E-state index contributed by atoms with van der Waals surface area (Å²) in [5.74, 6) is 0.812. The van der Waals surface area contributed by atoms with Crippen molar-refractivity contribution in [2.75, 3.05) is 18.5 Å². The molecule has 0 unspecified atom stereocenters. The van der Waals surface area contributed by atoms with Gasteiger partial charge in [0, 0.05) is 36.3 Å². The number of ether oxygens (including phenoxy) is 2. The number of urea groups is 1. The van der Waals surface area contributed by atoms with Gasteiger partial charge in [-0.15, -0.1) is 0 Å². The fraction of sp³-hybridized carbons (Fsp3) is 0.517. The minimum Gasteiger partial charge on any atom is -0.487 e. The molecule has 3 amide bonds. The number of anilines is 1. The number of aliphatic hydroxyl groups is 1. The summed E-state index contributed by atoms with van der Waals surface area (Å²) >= 11 is 0. The third-order valence-electron chi connectivity index (χ3n) is 8.33. The van der Waals surface area contributed by atoms with Crippen molar-refractivity contribution in [2.45, 2.75) is 81.8 Å². The smallest absolute Gasteiger partial charge is 0.319 e. The van der Waals surface area contributed by atoms with Crippen LogP contribution < -0.4 is 15.4 Å². The minimum absolute atomic E-state index is 0.0135. The molecular weight excluding hydrogens is 470 g/mol. The zero-order valence-corrected chi connectivity index (χ0v) is 21.0. The van der Waals surface area contributed by atoms with Gasteiger partial charge in [0.05, 0.1) is 19.1 Å². The molecule has 4 aliphatic rings. The van der Waals surface area contributed by atoms with Crippen LogP contribution in [0.3, 0.4) is 0 Å². The van der Waals surface area contributed by atoms with Crippen LogP contribution in [0.25, 0.3) is 0 Å². The molecule has 1 saturated carbocycles. The van der Waals surface area contributed by atoms with Gasteiger partial charge in [-0.3, -0.25) is 4.79 Å². The number of carbonyl (C=O) groups excluding carboxylic acids is 2. The fourth-order valence-electron chi connectivity index (χ4n) is 6.42. The van der Waals surface area contributed by atoms with Crippen LogP contribution in [0.15, 0.2) is 42.5 Å². The molecule has 6 rings (SSSR count). The zero-order chi connectivity index (χ0) is 25.4. The minimum atomic E-state index is -0.506. The average molecular weight is 506 g/mol. The van der Waals surface area contributed by atoms with Crippen molar-refractivity contribution in [2.24, 2.45) is 0 Å². The normalized spacial score (nSPS) is 26.6. The Bertz CT molecular complexity index is 1160. The van der Waals surface area contributed by atoms with Gasteiger partial charge in [0.2, 0.25) is 5.91 Å². The highest BCUT2D eigenvalue weighted by molar-refractivity contribution is 5.89. The second-order valence-electron chi connectivity index (χ2n) is 10.8. The van der Waals surface area contributed by atoms with Gasteiger partial charge in [0.25, 0.3) is 0 Å². The van der Waals surface area contributed by atoms with Crippen LogP contribution in [-0.4, -0.2) is 59.5 Å². The van der Waals surface area contributed by atoms with E-state index in [4.69, 9.17) is 9.47 Å². The van der Waals surface area contributed by atoms with E-state index in [2.05, 4.69) is 22.8 Å². The molecule has 0 aromatic heterocycles. The maximum absolute atomic E-state index is 13.2. The molecule has 0 bridgehead atoms. The molecule has 2 aromatic carbocycles. The summed E-state index contributed by atoms with van der Waals surface area (Å²) in [4.78, 5) is 27.6. The lowest BCUT2D eigenvalue weighted by atomic mass is 9.84. The lowest BCUT2D eigenvalue weighted by molar-refractivity contribution is -0.149. The van der Waals surface area contributed by atoms with E-state index in [0.29, 0.717) is 25.2 Å². The molecule has 2 fully saturated rings. The summed E-state index contributed by atoms with van der Waals surface area (Å²) in [6, 6.07) is 14.0. The predicted molar refractivity (Wildman–Crippen MR) is 139 cm³/mol. The van der Waals surface area contributed by atoms with Crippen molar-refractivity contribution in [3.63, 3.8) is 0 Å². The first-order valence-corrected chi connectivity index (χ1v) is 13.6. The Balaban J connectivity index is 1.13. The molecule has 1 saturated heterocycles. The van der Waals surface area contributed by atoms with Crippen LogP contribution in [0.1, 0.15) is 61.1 Å². The summed E-state index contributed by atoms with van der Waals surface area (Å²) < 4.78 is 12.4. The molecule has 1 aliphatic carbocycles. The molecule has 8 heteroatoms. The van der Waals surface area contributed by atoms with Crippen molar-refractivity contribution in [1.82, 2.24) is 10.2 Å². The standard InChI is InChI=1S/C29H35N3O5/c33-17-26-28-24(14-22(36-26)15-27(34)32-12-11-18-5-1-2-6-19(18)16-32)23-13-21(9-10-25(23)37-28)31-29(35)30-20-7-3-4-8-20/h1-2,5-6,9-10,13,20,22,24,26,28,33H,3-4,7-8,11-12,14-17H2,(H2,30,31,35)/t22-,24-,26+,28+/m1/s1. The Morgan fingerprint density at radius 3 is 2.70 bits per heavy atom. The second-order valence-corrected chi connectivity index (χ2v) is 10.8. The number of nitrogens with one attached hydrogen (secondary N) is 2. The van der Waals surface area contributed by atoms with Crippen molar-refractivity contribution >= 4 is 17.6 Å². The van der Waals surface area contributed by atoms with Crippen LogP contribution >= 0.6 is 0 Å². The molecule has 8 nitrogen and oxygen atoms in total. The molecule has 3 heterocycles. The number of carbonyl (C=O) groups is 2. The van der Waals surface area contributed by atoms with E-state index < -0.39 is 6.10 Å². The Morgan fingerprint density at radius 1 is 1.08 bits per heavy atom. The van der Waals surface area contributed by atoms with Crippen molar-refractivity contribution in [1.29, 1.82) is 0 Å². The average Bonchev–Trinajstić information content (AvgIpc) is 3.55. The SMILES string of the molecule is O=C(Nc1ccc2c(c1)[C@H]1C[C@H](CC(=O)N3CCc4ccccc4C3)O[C@@H](CO)[C@H]1O2)NC1CCCC1. The van der Waals surface area contributed by atoms with E-state index in [9.17, 15) is 14.7 Å². The van der Waals surface area contributed by atoms with Gasteiger partial charge < -0.3 is 30.1 Å². The zero-order valence-electron chi connectivity index (χ0n) is 21.0. The number of amides is 3. The number of rotatable bonds is 5.